The van der Waals surface area contributed by atoms with Gasteiger partial charge in [0.25, 0.3) is 0 Å². The van der Waals surface area contributed by atoms with E-state index in [1.807, 2.05) is 24.3 Å². The molecule has 2 amide bonds. The maximum absolute atomic E-state index is 12.2. The first kappa shape index (κ1) is 18.5. The van der Waals surface area contributed by atoms with Gasteiger partial charge in [0.05, 0.1) is 13.2 Å². The van der Waals surface area contributed by atoms with Crippen molar-refractivity contribution in [3.05, 3.63) is 29.8 Å². The standard InChI is InChI=1S/C18H29N3O3/c1-3-20(4-2)9-14-24-17-8-6-5-7-16(17)15-19-18(22)21-10-12-23-13-11-21/h5-8H,3-4,9-15H2,1-2H3,(H,19,22). The molecule has 6 nitrogen and oxygen atoms in total. The van der Waals surface area contributed by atoms with Gasteiger partial charge in [-0.1, -0.05) is 32.0 Å². The van der Waals surface area contributed by atoms with Crippen LogP contribution in [0.4, 0.5) is 4.79 Å². The van der Waals surface area contributed by atoms with Crippen molar-refractivity contribution in [1.29, 1.82) is 0 Å². The van der Waals surface area contributed by atoms with Crippen molar-refractivity contribution in [2.24, 2.45) is 0 Å². The third kappa shape index (κ3) is 5.69. The molecule has 134 valence electrons. The van der Waals surface area contributed by atoms with Crippen LogP contribution in [-0.4, -0.2) is 68.4 Å². The molecule has 1 saturated heterocycles. The minimum atomic E-state index is -0.0451. The van der Waals surface area contributed by atoms with Crippen LogP contribution in [0.2, 0.25) is 0 Å². The van der Waals surface area contributed by atoms with Crippen molar-refractivity contribution >= 4 is 6.03 Å². The molecule has 1 fully saturated rings. The van der Waals surface area contributed by atoms with E-state index in [9.17, 15) is 4.79 Å². The van der Waals surface area contributed by atoms with Crippen LogP contribution in [0.1, 0.15) is 19.4 Å². The van der Waals surface area contributed by atoms with Gasteiger partial charge in [-0.05, 0) is 19.2 Å². The molecule has 0 bridgehead atoms. The Morgan fingerprint density at radius 2 is 1.96 bits per heavy atom. The van der Waals surface area contributed by atoms with Gasteiger partial charge in [-0.15, -0.1) is 0 Å². The van der Waals surface area contributed by atoms with Gasteiger partial charge in [0.2, 0.25) is 0 Å². The van der Waals surface area contributed by atoms with Crippen LogP contribution in [0.25, 0.3) is 0 Å². The predicted octanol–water partition coefficient (Wildman–Crippen LogP) is 1.95. The Bertz CT molecular complexity index is 500. The largest absolute Gasteiger partial charge is 0.492 e. The third-order valence-electron chi connectivity index (χ3n) is 4.26. The van der Waals surface area contributed by atoms with Crippen molar-refractivity contribution < 1.29 is 14.3 Å². The van der Waals surface area contributed by atoms with Gasteiger partial charge in [0.15, 0.2) is 0 Å². The van der Waals surface area contributed by atoms with E-state index in [4.69, 9.17) is 9.47 Å². The number of nitrogens with zero attached hydrogens (tertiary/aromatic N) is 2. The Morgan fingerprint density at radius 3 is 2.67 bits per heavy atom. The van der Waals surface area contributed by atoms with Crippen LogP contribution >= 0.6 is 0 Å². The zero-order valence-corrected chi connectivity index (χ0v) is 14.8. The summed E-state index contributed by atoms with van der Waals surface area (Å²) in [6, 6.07) is 7.83. The lowest BCUT2D eigenvalue weighted by Crippen LogP contribution is -2.45. The van der Waals surface area contributed by atoms with E-state index >= 15 is 0 Å². The normalized spacial score (nSPS) is 14.7. The van der Waals surface area contributed by atoms with Crippen LogP contribution in [0.5, 0.6) is 5.75 Å². The van der Waals surface area contributed by atoms with Crippen LogP contribution in [-0.2, 0) is 11.3 Å². The Balaban J connectivity index is 1.83. The number of nitrogens with one attached hydrogen (secondary N) is 1. The summed E-state index contributed by atoms with van der Waals surface area (Å²) in [6.45, 7) is 10.9. The number of likely N-dealkylation sites (N-methyl/N-ethyl adjacent to an activating group) is 1. The molecule has 1 aliphatic rings. The fourth-order valence-corrected chi connectivity index (χ4v) is 2.66. The number of hydrogen-bond acceptors (Lipinski definition) is 4. The number of ether oxygens (including phenoxy) is 2. The van der Waals surface area contributed by atoms with Crippen molar-refractivity contribution in [3.63, 3.8) is 0 Å². The fourth-order valence-electron chi connectivity index (χ4n) is 2.66. The topological polar surface area (TPSA) is 54.0 Å². The molecule has 0 aliphatic carbocycles. The van der Waals surface area contributed by atoms with Crippen molar-refractivity contribution in [1.82, 2.24) is 15.1 Å². The maximum atomic E-state index is 12.2. The number of amides is 2. The minimum Gasteiger partial charge on any atom is -0.492 e. The lowest BCUT2D eigenvalue weighted by atomic mass is 10.2. The number of morpholine rings is 1. The van der Waals surface area contributed by atoms with E-state index in [1.165, 1.54) is 0 Å². The molecular formula is C18H29N3O3. The smallest absolute Gasteiger partial charge is 0.317 e. The molecular weight excluding hydrogens is 306 g/mol. The molecule has 0 atom stereocenters. The second-order valence-electron chi connectivity index (χ2n) is 5.74. The van der Waals surface area contributed by atoms with Crippen LogP contribution in [0, 0.1) is 0 Å². The number of rotatable bonds is 8. The summed E-state index contributed by atoms with van der Waals surface area (Å²) in [5.74, 6) is 0.840. The first-order valence-electron chi connectivity index (χ1n) is 8.78. The van der Waals surface area contributed by atoms with Gasteiger partial charge in [0, 0.05) is 31.7 Å². The highest BCUT2D eigenvalue weighted by Crippen LogP contribution is 2.17. The molecule has 1 aromatic carbocycles. The van der Waals surface area contributed by atoms with Gasteiger partial charge in [-0.25, -0.2) is 4.79 Å². The minimum absolute atomic E-state index is 0.0451. The lowest BCUT2D eigenvalue weighted by molar-refractivity contribution is 0.0531. The van der Waals surface area contributed by atoms with Gasteiger partial charge in [-0.2, -0.15) is 0 Å². The monoisotopic (exact) mass is 335 g/mol. The van der Waals surface area contributed by atoms with Crippen LogP contribution in [0.15, 0.2) is 24.3 Å². The second kappa shape index (κ2) is 10.2. The van der Waals surface area contributed by atoms with E-state index in [0.717, 1.165) is 30.9 Å². The second-order valence-corrected chi connectivity index (χ2v) is 5.74. The van der Waals surface area contributed by atoms with E-state index in [2.05, 4.69) is 24.1 Å². The SMILES string of the molecule is CCN(CC)CCOc1ccccc1CNC(=O)N1CCOCC1. The summed E-state index contributed by atoms with van der Waals surface area (Å²) in [7, 11) is 0. The number of hydrogen-bond donors (Lipinski definition) is 1. The number of para-hydroxylation sites is 1. The molecule has 24 heavy (non-hydrogen) atoms. The molecule has 0 spiro atoms. The number of benzene rings is 1. The van der Waals surface area contributed by atoms with E-state index in [-0.39, 0.29) is 6.03 Å². The first-order valence-corrected chi connectivity index (χ1v) is 8.78. The molecule has 0 saturated carbocycles. The fraction of sp³-hybridized carbons (Fsp3) is 0.611. The van der Waals surface area contributed by atoms with E-state index < -0.39 is 0 Å². The number of carbonyl (C=O) groups excluding carboxylic acids is 1. The molecule has 0 aromatic heterocycles. The van der Waals surface area contributed by atoms with Crippen LogP contribution < -0.4 is 10.1 Å². The Morgan fingerprint density at radius 1 is 1.25 bits per heavy atom. The molecule has 1 aromatic rings. The highest BCUT2D eigenvalue weighted by Gasteiger charge is 2.16. The van der Waals surface area contributed by atoms with Crippen molar-refractivity contribution in [2.45, 2.75) is 20.4 Å². The summed E-state index contributed by atoms with van der Waals surface area (Å²) >= 11 is 0. The average Bonchev–Trinajstić information content (AvgIpc) is 2.65. The van der Waals surface area contributed by atoms with Gasteiger partial charge in [0.1, 0.15) is 12.4 Å². The molecule has 1 N–H and O–H groups in total. The summed E-state index contributed by atoms with van der Waals surface area (Å²) in [5.41, 5.74) is 0.999. The average molecular weight is 335 g/mol. The molecule has 6 heteroatoms. The van der Waals surface area contributed by atoms with Gasteiger partial charge >= 0.3 is 6.03 Å². The zero-order valence-electron chi connectivity index (χ0n) is 14.8. The first-order chi connectivity index (χ1) is 11.7. The summed E-state index contributed by atoms with van der Waals surface area (Å²) < 4.78 is 11.2. The summed E-state index contributed by atoms with van der Waals surface area (Å²) in [4.78, 5) is 16.3. The predicted molar refractivity (Wildman–Crippen MR) is 94.4 cm³/mol. The molecule has 0 unspecified atom stereocenters. The van der Waals surface area contributed by atoms with E-state index in [0.29, 0.717) is 39.5 Å². The Labute approximate surface area is 144 Å². The molecule has 0 radical (unpaired) electrons. The Hall–Kier alpha value is -1.79. The molecule has 1 heterocycles. The molecule has 1 aliphatic heterocycles. The van der Waals surface area contributed by atoms with Crippen LogP contribution in [0.3, 0.4) is 0 Å². The van der Waals surface area contributed by atoms with Gasteiger partial charge < -0.3 is 24.6 Å². The quantitative estimate of drug-likeness (QED) is 0.789. The maximum Gasteiger partial charge on any atom is 0.317 e. The third-order valence-corrected chi connectivity index (χ3v) is 4.26. The molecule has 2 rings (SSSR count). The number of carbonyl (C=O) groups is 1. The van der Waals surface area contributed by atoms with Crippen molar-refractivity contribution in [2.75, 3.05) is 52.5 Å². The summed E-state index contributed by atoms with van der Waals surface area (Å²) in [6.07, 6.45) is 0. The zero-order chi connectivity index (χ0) is 17.2. The van der Waals surface area contributed by atoms with Gasteiger partial charge in [-0.3, -0.25) is 0 Å². The summed E-state index contributed by atoms with van der Waals surface area (Å²) in [5, 5.41) is 2.97. The highest BCUT2D eigenvalue weighted by molar-refractivity contribution is 5.74. The lowest BCUT2D eigenvalue weighted by Gasteiger charge is -2.27. The Kier molecular flexibility index (Phi) is 7.85. The van der Waals surface area contributed by atoms with E-state index in [1.54, 1.807) is 4.90 Å². The highest BCUT2D eigenvalue weighted by atomic mass is 16.5. The van der Waals surface area contributed by atoms with Crippen molar-refractivity contribution in [3.8, 4) is 5.75 Å². The number of urea groups is 1.